The summed E-state index contributed by atoms with van der Waals surface area (Å²) in [6.45, 7) is 0. The van der Waals surface area contributed by atoms with E-state index < -0.39 is 4.92 Å². The summed E-state index contributed by atoms with van der Waals surface area (Å²) in [5.41, 5.74) is 0.0515. The van der Waals surface area contributed by atoms with E-state index >= 15 is 0 Å². The van der Waals surface area contributed by atoms with Crippen LogP contribution in [-0.2, 0) is 0 Å². The van der Waals surface area contributed by atoms with E-state index in [-0.39, 0.29) is 5.69 Å². The first-order chi connectivity index (χ1) is 6.61. The van der Waals surface area contributed by atoms with Crippen LogP contribution in [-0.4, -0.2) is 4.92 Å². The number of thiol groups is 1. The van der Waals surface area contributed by atoms with E-state index in [1.165, 1.54) is 17.4 Å². The van der Waals surface area contributed by atoms with Gasteiger partial charge in [-0.3, -0.25) is 10.1 Å². The second-order valence-corrected chi connectivity index (χ2v) is 4.43. The molecule has 0 spiro atoms. The lowest BCUT2D eigenvalue weighted by atomic mass is 10.2. The Hall–Kier alpha value is -0.780. The Kier molecular flexibility index (Phi) is 2.38. The standard InChI is InChI=1S/C8H4ClNO2S2/c9-7-6(13)3-5(10(11)12)4-1-2-14-8(4)7/h1-3,13H. The second kappa shape index (κ2) is 3.42. The number of nitrogens with zero attached hydrogens (tertiary/aromatic N) is 1. The SMILES string of the molecule is O=[N+]([O-])c1cc(S)c(Cl)c2sccc12. The Balaban J connectivity index is 2.91. The van der Waals surface area contributed by atoms with Crippen molar-refractivity contribution in [2.24, 2.45) is 0 Å². The Labute approximate surface area is 93.9 Å². The van der Waals surface area contributed by atoms with E-state index in [1.54, 1.807) is 11.4 Å². The third-order valence-corrected chi connectivity index (χ3v) is 3.76. The zero-order valence-electron chi connectivity index (χ0n) is 6.73. The molecule has 0 amide bonds. The summed E-state index contributed by atoms with van der Waals surface area (Å²) in [5, 5.41) is 13.5. The number of nitro benzene ring substituents is 1. The number of hydrogen-bond acceptors (Lipinski definition) is 4. The highest BCUT2D eigenvalue weighted by Crippen LogP contribution is 2.39. The van der Waals surface area contributed by atoms with E-state index in [1.807, 2.05) is 0 Å². The van der Waals surface area contributed by atoms with E-state index in [0.717, 1.165) is 0 Å². The van der Waals surface area contributed by atoms with Crippen molar-refractivity contribution in [3.8, 4) is 0 Å². The van der Waals surface area contributed by atoms with Gasteiger partial charge < -0.3 is 0 Å². The van der Waals surface area contributed by atoms with Gasteiger partial charge in [0.25, 0.3) is 5.69 Å². The highest BCUT2D eigenvalue weighted by molar-refractivity contribution is 7.80. The van der Waals surface area contributed by atoms with Gasteiger partial charge in [0.2, 0.25) is 0 Å². The second-order valence-electron chi connectivity index (χ2n) is 2.65. The minimum absolute atomic E-state index is 0.0515. The number of fused-ring (bicyclic) bond motifs is 1. The molecule has 0 saturated carbocycles. The van der Waals surface area contributed by atoms with Crippen molar-refractivity contribution in [1.29, 1.82) is 0 Å². The van der Waals surface area contributed by atoms with Crippen molar-refractivity contribution in [2.75, 3.05) is 0 Å². The quantitative estimate of drug-likeness (QED) is 0.472. The third kappa shape index (κ3) is 1.37. The molecule has 2 aromatic rings. The number of halogens is 1. The predicted octanol–water partition coefficient (Wildman–Crippen LogP) is 3.75. The molecule has 0 N–H and O–H groups in total. The van der Waals surface area contributed by atoms with Crippen molar-refractivity contribution in [3.05, 3.63) is 32.6 Å². The Morgan fingerprint density at radius 3 is 2.93 bits per heavy atom. The first kappa shape index (κ1) is 9.76. The van der Waals surface area contributed by atoms with Crippen LogP contribution in [0.2, 0.25) is 5.02 Å². The Morgan fingerprint density at radius 2 is 2.29 bits per heavy atom. The molecular formula is C8H4ClNO2S2. The summed E-state index contributed by atoms with van der Waals surface area (Å²) < 4.78 is 0.714. The average Bonchev–Trinajstić information content (AvgIpc) is 2.59. The molecule has 1 heterocycles. The average molecular weight is 246 g/mol. The summed E-state index contributed by atoms with van der Waals surface area (Å²) in [5.74, 6) is 0. The van der Waals surface area contributed by atoms with Crippen LogP contribution in [0.5, 0.6) is 0 Å². The number of non-ortho nitro benzene ring substituents is 1. The van der Waals surface area contributed by atoms with Crippen molar-refractivity contribution in [2.45, 2.75) is 4.90 Å². The number of thiophene rings is 1. The van der Waals surface area contributed by atoms with Gasteiger partial charge in [-0.1, -0.05) is 11.6 Å². The van der Waals surface area contributed by atoms with Crippen molar-refractivity contribution >= 4 is 51.3 Å². The molecular weight excluding hydrogens is 242 g/mol. The van der Waals surface area contributed by atoms with Gasteiger partial charge in [-0.25, -0.2) is 0 Å². The molecule has 1 aromatic heterocycles. The molecule has 0 aliphatic rings. The zero-order valence-corrected chi connectivity index (χ0v) is 9.20. The topological polar surface area (TPSA) is 43.1 Å². The predicted molar refractivity (Wildman–Crippen MR) is 60.7 cm³/mol. The van der Waals surface area contributed by atoms with Crippen molar-refractivity contribution in [3.63, 3.8) is 0 Å². The lowest BCUT2D eigenvalue weighted by Gasteiger charge is -1.99. The van der Waals surface area contributed by atoms with Gasteiger partial charge in [-0.15, -0.1) is 24.0 Å². The Bertz CT molecular complexity index is 523. The summed E-state index contributed by atoms with van der Waals surface area (Å²) in [6.07, 6.45) is 0. The highest BCUT2D eigenvalue weighted by Gasteiger charge is 2.17. The normalized spacial score (nSPS) is 10.7. The molecule has 1 aromatic carbocycles. The van der Waals surface area contributed by atoms with Gasteiger partial charge in [0.1, 0.15) is 0 Å². The fourth-order valence-corrected chi connectivity index (χ4v) is 2.67. The van der Waals surface area contributed by atoms with Crippen LogP contribution in [0, 0.1) is 10.1 Å². The first-order valence-corrected chi connectivity index (χ1v) is 5.35. The van der Waals surface area contributed by atoms with Crippen LogP contribution in [0.1, 0.15) is 0 Å². The van der Waals surface area contributed by atoms with E-state index in [9.17, 15) is 10.1 Å². The maximum Gasteiger partial charge on any atom is 0.279 e. The molecule has 0 aliphatic carbocycles. The molecule has 2 rings (SSSR count). The highest BCUT2D eigenvalue weighted by atomic mass is 35.5. The van der Waals surface area contributed by atoms with E-state index in [2.05, 4.69) is 12.6 Å². The Morgan fingerprint density at radius 1 is 1.57 bits per heavy atom. The monoisotopic (exact) mass is 245 g/mol. The molecule has 0 radical (unpaired) electrons. The minimum atomic E-state index is -0.425. The van der Waals surface area contributed by atoms with Gasteiger partial charge in [-0.2, -0.15) is 0 Å². The summed E-state index contributed by atoms with van der Waals surface area (Å²) >= 11 is 11.4. The van der Waals surface area contributed by atoms with Gasteiger partial charge >= 0.3 is 0 Å². The van der Waals surface area contributed by atoms with Crippen LogP contribution < -0.4 is 0 Å². The van der Waals surface area contributed by atoms with Gasteiger partial charge in [0, 0.05) is 11.0 Å². The molecule has 6 heteroatoms. The first-order valence-electron chi connectivity index (χ1n) is 3.64. The number of benzene rings is 1. The van der Waals surface area contributed by atoms with Crippen molar-refractivity contribution in [1.82, 2.24) is 0 Å². The molecule has 0 aliphatic heterocycles. The maximum absolute atomic E-state index is 10.7. The molecule has 14 heavy (non-hydrogen) atoms. The van der Waals surface area contributed by atoms with Gasteiger partial charge in [0.15, 0.2) is 0 Å². The number of hydrogen-bond donors (Lipinski definition) is 1. The minimum Gasteiger partial charge on any atom is -0.258 e. The summed E-state index contributed by atoms with van der Waals surface area (Å²) in [4.78, 5) is 10.7. The van der Waals surface area contributed by atoms with Crippen LogP contribution in [0.3, 0.4) is 0 Å². The summed E-state index contributed by atoms with van der Waals surface area (Å²) in [7, 11) is 0. The lowest BCUT2D eigenvalue weighted by Crippen LogP contribution is -1.88. The van der Waals surface area contributed by atoms with Crippen molar-refractivity contribution < 1.29 is 4.92 Å². The third-order valence-electron chi connectivity index (χ3n) is 1.84. The fourth-order valence-electron chi connectivity index (χ4n) is 1.22. The molecule has 0 fully saturated rings. The molecule has 72 valence electrons. The van der Waals surface area contributed by atoms with E-state index in [0.29, 0.717) is 20.0 Å². The largest absolute Gasteiger partial charge is 0.279 e. The van der Waals surface area contributed by atoms with Gasteiger partial charge in [0.05, 0.1) is 20.0 Å². The van der Waals surface area contributed by atoms with Crippen LogP contribution in [0.4, 0.5) is 5.69 Å². The zero-order chi connectivity index (χ0) is 10.3. The smallest absolute Gasteiger partial charge is 0.258 e. The molecule has 0 bridgehead atoms. The van der Waals surface area contributed by atoms with Crippen LogP contribution in [0.15, 0.2) is 22.4 Å². The maximum atomic E-state index is 10.7. The van der Waals surface area contributed by atoms with Crippen LogP contribution >= 0.6 is 35.6 Å². The number of rotatable bonds is 1. The molecule has 0 unspecified atom stereocenters. The molecule has 3 nitrogen and oxygen atoms in total. The van der Waals surface area contributed by atoms with E-state index in [4.69, 9.17) is 11.6 Å². The number of nitro groups is 1. The molecule has 0 saturated heterocycles. The fraction of sp³-hybridized carbons (Fsp3) is 0. The lowest BCUT2D eigenvalue weighted by molar-refractivity contribution is -0.383. The van der Waals surface area contributed by atoms with Gasteiger partial charge in [-0.05, 0) is 11.4 Å². The summed E-state index contributed by atoms with van der Waals surface area (Å²) in [6, 6.07) is 3.07. The molecule has 0 atom stereocenters. The van der Waals surface area contributed by atoms with Crippen LogP contribution in [0.25, 0.3) is 10.1 Å².